The van der Waals surface area contributed by atoms with Crippen LogP contribution in [0.15, 0.2) is 30.9 Å². The molecule has 3 aromatic heterocycles. The van der Waals surface area contributed by atoms with Crippen LogP contribution >= 0.6 is 0 Å². The van der Waals surface area contributed by atoms with Crippen LogP contribution in [0.1, 0.15) is 43.7 Å². The molecule has 2 N–H and O–H groups in total. The van der Waals surface area contributed by atoms with Crippen molar-refractivity contribution < 1.29 is 9.53 Å². The number of aromatic nitrogens is 4. The van der Waals surface area contributed by atoms with Crippen molar-refractivity contribution in [2.24, 2.45) is 11.7 Å². The molecule has 0 aromatic carbocycles. The van der Waals surface area contributed by atoms with Gasteiger partial charge in [-0.2, -0.15) is 15.5 Å². The van der Waals surface area contributed by atoms with Gasteiger partial charge in [-0.25, -0.2) is 4.52 Å². The normalized spacial score (nSPS) is 21.7. The Bertz CT molecular complexity index is 1180. The van der Waals surface area contributed by atoms with Gasteiger partial charge in [0.1, 0.15) is 22.9 Å². The fraction of sp³-hybridized carbons (Fsp3) is 0.478. The molecular formula is C23H27N7O2. The minimum Gasteiger partial charge on any atom is -0.494 e. The minimum absolute atomic E-state index is 0.103. The van der Waals surface area contributed by atoms with E-state index in [1.807, 2.05) is 34.2 Å². The number of hydrogen-bond acceptors (Lipinski definition) is 6. The molecule has 4 heterocycles. The van der Waals surface area contributed by atoms with Crippen LogP contribution in [0.5, 0.6) is 5.75 Å². The van der Waals surface area contributed by atoms with E-state index in [1.165, 1.54) is 0 Å². The zero-order valence-corrected chi connectivity index (χ0v) is 18.1. The van der Waals surface area contributed by atoms with Crippen molar-refractivity contribution in [1.29, 1.82) is 5.26 Å². The average Bonchev–Trinajstić information content (AvgIpc) is 3.57. The van der Waals surface area contributed by atoms with E-state index in [2.05, 4.69) is 16.3 Å². The van der Waals surface area contributed by atoms with Gasteiger partial charge in [-0.3, -0.25) is 9.48 Å². The van der Waals surface area contributed by atoms with Crippen molar-refractivity contribution in [2.75, 3.05) is 20.2 Å². The molecule has 1 aliphatic carbocycles. The fourth-order valence-electron chi connectivity index (χ4n) is 5.02. The smallest absolute Gasteiger partial charge is 0.225 e. The van der Waals surface area contributed by atoms with E-state index < -0.39 is 0 Å². The summed E-state index contributed by atoms with van der Waals surface area (Å²) in [5, 5.41) is 18.2. The van der Waals surface area contributed by atoms with Crippen molar-refractivity contribution in [3.63, 3.8) is 0 Å². The second kappa shape index (κ2) is 8.28. The number of likely N-dealkylation sites (tertiary alicyclic amines) is 1. The maximum absolute atomic E-state index is 12.8. The first-order chi connectivity index (χ1) is 15.6. The van der Waals surface area contributed by atoms with Crippen molar-refractivity contribution in [3.8, 4) is 22.9 Å². The molecule has 0 radical (unpaired) electrons. The molecule has 2 atom stereocenters. The van der Waals surface area contributed by atoms with Crippen molar-refractivity contribution in [3.05, 3.63) is 36.4 Å². The van der Waals surface area contributed by atoms with Gasteiger partial charge in [0.25, 0.3) is 0 Å². The number of nitriles is 1. The van der Waals surface area contributed by atoms with Crippen LogP contribution in [0.25, 0.3) is 16.6 Å². The van der Waals surface area contributed by atoms with Crippen LogP contribution < -0.4 is 10.5 Å². The predicted octanol–water partition coefficient (Wildman–Crippen LogP) is 2.37. The standard InChI is InChI=1S/C23H27N7O2/c1-32-21-9-16(13-30-22(21)17(10-24)11-27-30)18-12-26-29(14-18)20-4-6-28(7-5-20)23(31)15-2-3-19(25)8-15/h9,11-15,19-20H,2-8,25H2,1H3/t15-,19+/m1/s1. The van der Waals surface area contributed by atoms with Crippen LogP contribution in [-0.4, -0.2) is 56.4 Å². The quantitative estimate of drug-likeness (QED) is 0.676. The average molecular weight is 434 g/mol. The molecule has 9 nitrogen and oxygen atoms in total. The third kappa shape index (κ3) is 3.60. The molecule has 0 bridgehead atoms. The van der Waals surface area contributed by atoms with Crippen molar-refractivity contribution >= 4 is 11.4 Å². The van der Waals surface area contributed by atoms with E-state index >= 15 is 0 Å². The number of nitrogens with two attached hydrogens (primary N) is 1. The number of ether oxygens (including phenoxy) is 1. The first kappa shape index (κ1) is 20.5. The molecule has 0 unspecified atom stereocenters. The molecule has 9 heteroatoms. The number of piperidine rings is 1. The molecule has 1 aliphatic heterocycles. The Morgan fingerprint density at radius 2 is 1.97 bits per heavy atom. The lowest BCUT2D eigenvalue weighted by Gasteiger charge is -2.33. The highest BCUT2D eigenvalue weighted by Crippen LogP contribution is 2.32. The van der Waals surface area contributed by atoms with Crippen LogP contribution in [0.2, 0.25) is 0 Å². The van der Waals surface area contributed by atoms with Crippen LogP contribution in [0, 0.1) is 17.2 Å². The number of methoxy groups -OCH3 is 1. The highest BCUT2D eigenvalue weighted by Gasteiger charge is 2.33. The molecule has 32 heavy (non-hydrogen) atoms. The van der Waals surface area contributed by atoms with E-state index in [4.69, 9.17) is 10.5 Å². The molecule has 1 amide bonds. The molecule has 166 valence electrons. The second-order valence-electron chi connectivity index (χ2n) is 8.80. The third-order valence-electron chi connectivity index (χ3n) is 6.82. The summed E-state index contributed by atoms with van der Waals surface area (Å²) >= 11 is 0. The first-order valence-electron chi connectivity index (χ1n) is 11.1. The zero-order valence-electron chi connectivity index (χ0n) is 18.1. The lowest BCUT2D eigenvalue weighted by molar-refractivity contribution is -0.136. The summed E-state index contributed by atoms with van der Waals surface area (Å²) in [6.07, 6.45) is 11.8. The Kier molecular flexibility index (Phi) is 5.31. The highest BCUT2D eigenvalue weighted by molar-refractivity contribution is 5.79. The predicted molar refractivity (Wildman–Crippen MR) is 118 cm³/mol. The largest absolute Gasteiger partial charge is 0.494 e. The number of hydrogen-bond donors (Lipinski definition) is 1. The lowest BCUT2D eigenvalue weighted by atomic mass is 10.0. The summed E-state index contributed by atoms with van der Waals surface area (Å²) in [6, 6.07) is 4.50. The van der Waals surface area contributed by atoms with E-state index in [-0.39, 0.29) is 23.9 Å². The molecule has 3 aromatic rings. The first-order valence-corrected chi connectivity index (χ1v) is 11.1. The van der Waals surface area contributed by atoms with Crippen LogP contribution in [0.3, 0.4) is 0 Å². The van der Waals surface area contributed by atoms with Gasteiger partial charge in [-0.15, -0.1) is 0 Å². The highest BCUT2D eigenvalue weighted by atomic mass is 16.5. The zero-order chi connectivity index (χ0) is 22.2. The topological polar surface area (TPSA) is 114 Å². The Morgan fingerprint density at radius 3 is 2.66 bits per heavy atom. The van der Waals surface area contributed by atoms with Crippen LogP contribution in [-0.2, 0) is 4.79 Å². The van der Waals surface area contributed by atoms with Gasteiger partial charge in [0.05, 0.1) is 25.5 Å². The Hall–Kier alpha value is -3.38. The second-order valence-corrected chi connectivity index (χ2v) is 8.80. The molecule has 5 rings (SSSR count). The van der Waals surface area contributed by atoms with Crippen molar-refractivity contribution in [2.45, 2.75) is 44.2 Å². The third-order valence-corrected chi connectivity index (χ3v) is 6.82. The summed E-state index contributed by atoms with van der Waals surface area (Å²) < 4.78 is 9.18. The Labute approximate surface area is 186 Å². The summed E-state index contributed by atoms with van der Waals surface area (Å²) in [6.45, 7) is 1.52. The summed E-state index contributed by atoms with van der Waals surface area (Å²) in [4.78, 5) is 14.8. The number of carbonyl (C=O) groups excluding carboxylic acids is 1. The van der Waals surface area contributed by atoms with E-state index in [0.29, 0.717) is 16.8 Å². The minimum atomic E-state index is 0.103. The number of carbonyl (C=O) groups is 1. The number of fused-ring (bicyclic) bond motifs is 1. The van der Waals surface area contributed by atoms with Gasteiger partial charge in [0.2, 0.25) is 5.91 Å². The summed E-state index contributed by atoms with van der Waals surface area (Å²) in [7, 11) is 1.59. The summed E-state index contributed by atoms with van der Waals surface area (Å²) in [5.74, 6) is 0.975. The van der Waals surface area contributed by atoms with E-state index in [0.717, 1.165) is 56.3 Å². The van der Waals surface area contributed by atoms with Crippen LogP contribution in [0.4, 0.5) is 0 Å². The number of nitrogens with zero attached hydrogens (tertiary/aromatic N) is 6. The molecule has 1 saturated carbocycles. The van der Waals surface area contributed by atoms with Gasteiger partial charge < -0.3 is 15.4 Å². The fourth-order valence-corrected chi connectivity index (χ4v) is 5.02. The molecule has 1 saturated heterocycles. The molecular weight excluding hydrogens is 406 g/mol. The van der Waals surface area contributed by atoms with Gasteiger partial charge in [0, 0.05) is 48.6 Å². The lowest BCUT2D eigenvalue weighted by Crippen LogP contribution is -2.42. The Balaban J connectivity index is 1.30. The number of amides is 1. The SMILES string of the molecule is COc1cc(-c2cnn(C3CCN(C(=O)[C@@H]4CC[C@H](N)C4)CC3)c2)cn2ncc(C#N)c12. The molecule has 2 fully saturated rings. The number of pyridine rings is 1. The van der Waals surface area contributed by atoms with Gasteiger partial charge in [0.15, 0.2) is 0 Å². The molecule has 0 spiro atoms. The van der Waals surface area contributed by atoms with Gasteiger partial charge >= 0.3 is 0 Å². The van der Waals surface area contributed by atoms with Gasteiger partial charge in [-0.05, 0) is 38.2 Å². The Morgan fingerprint density at radius 1 is 1.16 bits per heavy atom. The van der Waals surface area contributed by atoms with E-state index in [9.17, 15) is 10.1 Å². The number of rotatable bonds is 4. The maximum Gasteiger partial charge on any atom is 0.225 e. The van der Waals surface area contributed by atoms with E-state index in [1.54, 1.807) is 17.8 Å². The van der Waals surface area contributed by atoms with Crippen molar-refractivity contribution in [1.82, 2.24) is 24.3 Å². The maximum atomic E-state index is 12.8. The summed E-state index contributed by atoms with van der Waals surface area (Å²) in [5.41, 5.74) is 8.99. The van der Waals surface area contributed by atoms with Gasteiger partial charge in [-0.1, -0.05) is 0 Å². The molecule has 2 aliphatic rings. The monoisotopic (exact) mass is 433 g/mol.